The molecular weight excluding hydrogens is 295 g/mol. The zero-order valence-electron chi connectivity index (χ0n) is 13.9. The molecule has 1 saturated heterocycles. The maximum atomic E-state index is 13.2. The highest BCUT2D eigenvalue weighted by Crippen LogP contribution is 2.20. The molecule has 1 aliphatic heterocycles. The second-order valence-electron chi connectivity index (χ2n) is 5.97. The summed E-state index contributed by atoms with van der Waals surface area (Å²) in [5.41, 5.74) is 0.870. The predicted molar refractivity (Wildman–Crippen MR) is 87.3 cm³/mol. The molecule has 5 heteroatoms. The van der Waals surface area contributed by atoms with Gasteiger partial charge >= 0.3 is 0 Å². The Labute approximate surface area is 137 Å². The van der Waals surface area contributed by atoms with Crippen LogP contribution in [0.4, 0.5) is 4.39 Å². The van der Waals surface area contributed by atoms with Crippen LogP contribution in [0, 0.1) is 11.7 Å². The number of halogens is 1. The summed E-state index contributed by atoms with van der Waals surface area (Å²) >= 11 is 0. The Bertz CT molecular complexity index is 558. The smallest absolute Gasteiger partial charge is 0.227 e. The molecule has 4 nitrogen and oxygen atoms in total. The number of likely N-dealkylation sites (tertiary alicyclic amines) is 1. The molecule has 1 heterocycles. The topological polar surface area (TPSA) is 40.6 Å². The Morgan fingerprint density at radius 3 is 2.74 bits per heavy atom. The van der Waals surface area contributed by atoms with E-state index in [1.54, 1.807) is 11.0 Å². The third-order valence-corrected chi connectivity index (χ3v) is 4.48. The number of hydrogen-bond donors (Lipinski definition) is 0. The van der Waals surface area contributed by atoms with Gasteiger partial charge in [-0.2, -0.15) is 0 Å². The molecule has 1 aliphatic rings. The summed E-state index contributed by atoms with van der Waals surface area (Å²) in [4.78, 5) is 28.1. The number of rotatable bonds is 6. The minimum atomic E-state index is -0.262. The van der Waals surface area contributed by atoms with Gasteiger partial charge in [-0.3, -0.25) is 9.59 Å². The highest BCUT2D eigenvalue weighted by molar-refractivity contribution is 5.83. The van der Waals surface area contributed by atoms with Gasteiger partial charge in [0, 0.05) is 32.6 Å². The fraction of sp³-hybridized carbons (Fsp3) is 0.556. The van der Waals surface area contributed by atoms with E-state index in [2.05, 4.69) is 0 Å². The third kappa shape index (κ3) is 4.53. The Morgan fingerprint density at radius 2 is 2.09 bits per heavy atom. The van der Waals surface area contributed by atoms with E-state index < -0.39 is 0 Å². The largest absolute Gasteiger partial charge is 0.343 e. The van der Waals surface area contributed by atoms with Gasteiger partial charge in [-0.15, -0.1) is 0 Å². The van der Waals surface area contributed by atoms with Crippen molar-refractivity contribution in [3.8, 4) is 0 Å². The summed E-state index contributed by atoms with van der Waals surface area (Å²) < 4.78 is 13.2. The van der Waals surface area contributed by atoms with E-state index in [-0.39, 0.29) is 23.5 Å². The van der Waals surface area contributed by atoms with Gasteiger partial charge in [0.05, 0.1) is 5.92 Å². The Balaban J connectivity index is 1.95. The lowest BCUT2D eigenvalue weighted by Crippen LogP contribution is -2.47. The third-order valence-electron chi connectivity index (χ3n) is 4.48. The highest BCUT2D eigenvalue weighted by Gasteiger charge is 2.31. The molecule has 1 aromatic rings. The average Bonchev–Trinajstić information content (AvgIpc) is 2.55. The zero-order valence-corrected chi connectivity index (χ0v) is 13.9. The summed E-state index contributed by atoms with van der Waals surface area (Å²) in [7, 11) is 0. The van der Waals surface area contributed by atoms with Crippen molar-refractivity contribution in [1.29, 1.82) is 0 Å². The summed E-state index contributed by atoms with van der Waals surface area (Å²) in [5, 5.41) is 0. The first-order valence-electron chi connectivity index (χ1n) is 8.36. The van der Waals surface area contributed by atoms with Gasteiger partial charge in [-0.05, 0) is 44.4 Å². The van der Waals surface area contributed by atoms with E-state index >= 15 is 0 Å². The van der Waals surface area contributed by atoms with E-state index in [0.29, 0.717) is 45.4 Å². The SMILES string of the molecule is CCN(CC)C(=O)C1CCC(=O)N(CCc2cccc(F)c2)C1. The van der Waals surface area contributed by atoms with Crippen LogP contribution in [0.5, 0.6) is 0 Å². The van der Waals surface area contributed by atoms with Crippen LogP contribution in [0.3, 0.4) is 0 Å². The Morgan fingerprint density at radius 1 is 1.35 bits per heavy atom. The summed E-state index contributed by atoms with van der Waals surface area (Å²) in [6, 6.07) is 6.44. The number of nitrogens with zero attached hydrogens (tertiary/aromatic N) is 2. The monoisotopic (exact) mass is 320 g/mol. The number of hydrogen-bond acceptors (Lipinski definition) is 2. The fourth-order valence-corrected chi connectivity index (χ4v) is 3.08. The van der Waals surface area contributed by atoms with Crippen molar-refractivity contribution in [2.45, 2.75) is 33.1 Å². The number of carbonyl (C=O) groups excluding carboxylic acids is 2. The van der Waals surface area contributed by atoms with E-state index in [4.69, 9.17) is 0 Å². The van der Waals surface area contributed by atoms with E-state index in [9.17, 15) is 14.0 Å². The predicted octanol–water partition coefficient (Wildman–Crippen LogP) is 2.48. The molecular formula is C18H25FN2O2. The zero-order chi connectivity index (χ0) is 16.8. The highest BCUT2D eigenvalue weighted by atomic mass is 19.1. The molecule has 0 bridgehead atoms. The first kappa shape index (κ1) is 17.4. The van der Waals surface area contributed by atoms with Crippen LogP contribution < -0.4 is 0 Å². The van der Waals surface area contributed by atoms with Crippen molar-refractivity contribution in [2.24, 2.45) is 5.92 Å². The van der Waals surface area contributed by atoms with Gasteiger partial charge in [0.2, 0.25) is 11.8 Å². The van der Waals surface area contributed by atoms with Crippen molar-refractivity contribution in [3.05, 3.63) is 35.6 Å². The second-order valence-corrected chi connectivity index (χ2v) is 5.97. The normalized spacial score (nSPS) is 18.1. The molecule has 0 aromatic heterocycles. The van der Waals surface area contributed by atoms with Crippen molar-refractivity contribution in [3.63, 3.8) is 0 Å². The summed E-state index contributed by atoms with van der Waals surface area (Å²) in [5.74, 6) is -0.148. The molecule has 126 valence electrons. The first-order valence-corrected chi connectivity index (χ1v) is 8.36. The van der Waals surface area contributed by atoms with E-state index in [1.807, 2.05) is 24.8 Å². The van der Waals surface area contributed by atoms with E-state index in [0.717, 1.165) is 5.56 Å². The van der Waals surface area contributed by atoms with Crippen LogP contribution in [0.15, 0.2) is 24.3 Å². The standard InChI is InChI=1S/C18H25FN2O2/c1-3-20(4-2)18(23)15-8-9-17(22)21(13-15)11-10-14-6-5-7-16(19)12-14/h5-7,12,15H,3-4,8-11,13H2,1-2H3. The van der Waals surface area contributed by atoms with Crippen LogP contribution >= 0.6 is 0 Å². The Hall–Kier alpha value is -1.91. The van der Waals surface area contributed by atoms with Gasteiger partial charge < -0.3 is 9.80 Å². The van der Waals surface area contributed by atoms with Crippen LogP contribution in [-0.2, 0) is 16.0 Å². The average molecular weight is 320 g/mol. The van der Waals surface area contributed by atoms with Crippen molar-refractivity contribution >= 4 is 11.8 Å². The summed E-state index contributed by atoms with van der Waals surface area (Å²) in [6.45, 7) is 6.34. The molecule has 0 spiro atoms. The van der Waals surface area contributed by atoms with Gasteiger partial charge in [0.1, 0.15) is 5.82 Å². The maximum absolute atomic E-state index is 13.2. The molecule has 0 aliphatic carbocycles. The number of benzene rings is 1. The molecule has 2 rings (SSSR count). The van der Waals surface area contributed by atoms with Crippen LogP contribution in [0.2, 0.25) is 0 Å². The van der Waals surface area contributed by atoms with Crippen molar-refractivity contribution in [1.82, 2.24) is 9.80 Å². The molecule has 0 radical (unpaired) electrons. The van der Waals surface area contributed by atoms with E-state index in [1.165, 1.54) is 12.1 Å². The second kappa shape index (κ2) is 8.09. The molecule has 0 saturated carbocycles. The lowest BCUT2D eigenvalue weighted by Gasteiger charge is -2.34. The maximum Gasteiger partial charge on any atom is 0.227 e. The van der Waals surface area contributed by atoms with Crippen LogP contribution in [0.1, 0.15) is 32.3 Å². The van der Waals surface area contributed by atoms with Crippen LogP contribution in [0.25, 0.3) is 0 Å². The number of carbonyl (C=O) groups is 2. The quantitative estimate of drug-likeness (QED) is 0.808. The first-order chi connectivity index (χ1) is 11.0. The van der Waals surface area contributed by atoms with Gasteiger partial charge in [0.15, 0.2) is 0 Å². The minimum Gasteiger partial charge on any atom is -0.343 e. The van der Waals surface area contributed by atoms with Gasteiger partial charge in [-0.1, -0.05) is 12.1 Å². The molecule has 1 atom stereocenters. The molecule has 0 N–H and O–H groups in total. The fourth-order valence-electron chi connectivity index (χ4n) is 3.08. The molecule has 1 fully saturated rings. The lowest BCUT2D eigenvalue weighted by atomic mass is 9.95. The summed E-state index contributed by atoms with van der Waals surface area (Å²) in [6.07, 6.45) is 1.65. The molecule has 1 unspecified atom stereocenters. The van der Waals surface area contributed by atoms with Gasteiger partial charge in [0.25, 0.3) is 0 Å². The Kier molecular flexibility index (Phi) is 6.13. The van der Waals surface area contributed by atoms with Gasteiger partial charge in [-0.25, -0.2) is 4.39 Å². The number of piperidine rings is 1. The molecule has 1 aromatic carbocycles. The molecule has 23 heavy (non-hydrogen) atoms. The number of amides is 2. The van der Waals surface area contributed by atoms with Crippen LogP contribution in [-0.4, -0.2) is 47.8 Å². The van der Waals surface area contributed by atoms with Crippen molar-refractivity contribution < 1.29 is 14.0 Å². The van der Waals surface area contributed by atoms with Crippen molar-refractivity contribution in [2.75, 3.05) is 26.2 Å². The molecule has 2 amide bonds. The lowest BCUT2D eigenvalue weighted by molar-refractivity contribution is -0.142. The minimum absolute atomic E-state index is 0.0880.